The first kappa shape index (κ1) is 56.9. The van der Waals surface area contributed by atoms with Crippen LogP contribution in [0.3, 0.4) is 0 Å². The lowest BCUT2D eigenvalue weighted by Gasteiger charge is -2.64. The van der Waals surface area contributed by atoms with Crippen molar-refractivity contribution in [2.24, 2.45) is 22.7 Å². The van der Waals surface area contributed by atoms with Gasteiger partial charge in [-0.15, -0.1) is 0 Å². The molecule has 2 aliphatic heterocycles. The summed E-state index contributed by atoms with van der Waals surface area (Å²) in [6, 6.07) is 0. The molecular formula is C46H75NO23. The van der Waals surface area contributed by atoms with Gasteiger partial charge in [0.15, 0.2) is 30.9 Å². The molecule has 2 saturated heterocycles. The summed E-state index contributed by atoms with van der Waals surface area (Å²) in [7, 11) is 0. The molecule has 22 unspecified atom stereocenters. The zero-order valence-electron chi connectivity index (χ0n) is 39.6. The summed E-state index contributed by atoms with van der Waals surface area (Å²) in [6.45, 7) is 5.80. The summed E-state index contributed by atoms with van der Waals surface area (Å²) in [5, 5.41) is 149. The molecule has 5 saturated carbocycles. The fourth-order valence-electron chi connectivity index (χ4n) is 12.6. The Morgan fingerprint density at radius 2 is 1.30 bits per heavy atom. The molecule has 1 spiro atoms. The van der Waals surface area contributed by atoms with Gasteiger partial charge in [-0.3, -0.25) is 4.79 Å². The second-order valence-corrected chi connectivity index (χ2v) is 20.4. The maximum atomic E-state index is 14.1. The topological polar surface area (TPSA) is 402 Å². The number of aliphatic hydroxyl groups excluding tert-OH is 14. The SMILES string of the molecule is C=C1CC23CCC4C(CCCC4(C)C(=O)OC(=O)C(O)C(O)C(O)CCO)C2(NCC)CCC1(OC1OC(CO)C(O)C(OC2OC(CO)C(O)C(O)C2O)C1OC(=O)C(O)C(O)C(O)CCO)CC3. The molecule has 0 aromatic rings. The zero-order chi connectivity index (χ0) is 51.7. The largest absolute Gasteiger partial charge is 0.452 e. The van der Waals surface area contributed by atoms with Crippen LogP contribution in [-0.4, -0.2) is 232 Å². The fraction of sp³-hybridized carbons (Fsp3) is 0.891. The van der Waals surface area contributed by atoms with Crippen molar-refractivity contribution in [1.82, 2.24) is 5.32 Å². The van der Waals surface area contributed by atoms with Crippen LogP contribution in [0.1, 0.15) is 90.9 Å². The fourth-order valence-corrected chi connectivity index (χ4v) is 12.6. The number of nitrogens with one attached hydrogen (secondary N) is 1. The van der Waals surface area contributed by atoms with Crippen LogP contribution in [0, 0.1) is 22.7 Å². The standard InChI is InChI=1S/C46H75NO23/c1-4-47-46-15-14-45(13-12-44(46,18-21(45)2)11-7-22-23(46)6-5-10-43(22,3)42(64)69-39(63)34(60)29(55)25(53)9-17-49)70-41-37(67-38(62)33(59)28(54)24(52)8-16-48)36(31(57)27(20-51)66-41)68-40-35(61)32(58)30(56)26(19-50)65-40/h22-37,40-41,47-61H,2,4-20H2,1,3H3. The monoisotopic (exact) mass is 1010 g/mol. The minimum Gasteiger partial charge on any atom is -0.452 e. The van der Waals surface area contributed by atoms with Crippen molar-refractivity contribution in [3.63, 3.8) is 0 Å². The second-order valence-electron chi connectivity index (χ2n) is 20.4. The number of esters is 3. The lowest BCUT2D eigenvalue weighted by molar-refractivity contribution is -0.370. The Morgan fingerprint density at radius 1 is 0.714 bits per heavy atom. The van der Waals surface area contributed by atoms with Crippen LogP contribution in [0.5, 0.6) is 0 Å². The van der Waals surface area contributed by atoms with E-state index in [-0.39, 0.29) is 24.7 Å². The molecular weight excluding hydrogens is 934 g/mol. The van der Waals surface area contributed by atoms with E-state index in [1.54, 1.807) is 6.92 Å². The summed E-state index contributed by atoms with van der Waals surface area (Å²) in [6.07, 6.45) is -27.1. The average molecular weight is 1010 g/mol. The van der Waals surface area contributed by atoms with Crippen LogP contribution < -0.4 is 5.32 Å². The number of aliphatic hydroxyl groups is 14. The van der Waals surface area contributed by atoms with E-state index in [0.717, 1.165) is 0 Å². The maximum absolute atomic E-state index is 14.1. The number of hydrogen-bond donors (Lipinski definition) is 15. The lowest BCUT2D eigenvalue weighted by atomic mass is 9.43. The Morgan fingerprint density at radius 3 is 1.89 bits per heavy atom. The highest BCUT2D eigenvalue weighted by Crippen LogP contribution is 2.69. The highest BCUT2D eigenvalue weighted by molar-refractivity contribution is 5.91. The Labute approximate surface area is 404 Å². The lowest BCUT2D eigenvalue weighted by Crippen LogP contribution is -2.69. The van der Waals surface area contributed by atoms with E-state index in [1.807, 2.05) is 6.92 Å². The van der Waals surface area contributed by atoms with E-state index in [0.29, 0.717) is 69.9 Å². The number of fused-ring (bicyclic) bond motifs is 4. The van der Waals surface area contributed by atoms with Gasteiger partial charge in [0.05, 0.1) is 36.4 Å². The molecule has 2 heterocycles. The first-order valence-corrected chi connectivity index (χ1v) is 24.3. The van der Waals surface area contributed by atoms with Crippen molar-refractivity contribution in [3.05, 3.63) is 12.2 Å². The van der Waals surface area contributed by atoms with Gasteiger partial charge in [-0.1, -0.05) is 19.9 Å². The third-order valence-electron chi connectivity index (χ3n) is 16.6. The Kier molecular flexibility index (Phi) is 18.7. The maximum Gasteiger partial charge on any atom is 0.345 e. The minimum absolute atomic E-state index is 0.204. The van der Waals surface area contributed by atoms with Crippen LogP contribution >= 0.6 is 0 Å². The quantitative estimate of drug-likeness (QED) is 0.0308. The van der Waals surface area contributed by atoms with E-state index in [1.165, 1.54) is 0 Å². The van der Waals surface area contributed by atoms with Gasteiger partial charge in [-0.25, -0.2) is 9.59 Å². The molecule has 7 aliphatic rings. The van der Waals surface area contributed by atoms with Gasteiger partial charge in [0, 0.05) is 18.8 Å². The molecule has 24 heteroatoms. The molecule has 5 aliphatic carbocycles. The molecule has 0 aromatic carbocycles. The second kappa shape index (κ2) is 23.0. The van der Waals surface area contributed by atoms with Crippen LogP contribution in [0.2, 0.25) is 0 Å². The van der Waals surface area contributed by atoms with Gasteiger partial charge in [0.2, 0.25) is 0 Å². The molecule has 15 N–H and O–H groups in total. The van der Waals surface area contributed by atoms with Crippen molar-refractivity contribution in [3.8, 4) is 0 Å². The summed E-state index contributed by atoms with van der Waals surface area (Å²) in [5.41, 5.74) is -3.10. The molecule has 2 bridgehead atoms. The van der Waals surface area contributed by atoms with Crippen molar-refractivity contribution >= 4 is 17.9 Å². The van der Waals surface area contributed by atoms with E-state index < -0.39 is 171 Å². The molecule has 402 valence electrons. The van der Waals surface area contributed by atoms with Gasteiger partial charge >= 0.3 is 17.9 Å². The van der Waals surface area contributed by atoms with E-state index in [2.05, 4.69) is 11.9 Å². The van der Waals surface area contributed by atoms with Gasteiger partial charge in [-0.2, -0.15) is 0 Å². The molecule has 7 fully saturated rings. The summed E-state index contributed by atoms with van der Waals surface area (Å²) >= 11 is 0. The molecule has 24 nitrogen and oxygen atoms in total. The number of carbonyl (C=O) groups is 3. The van der Waals surface area contributed by atoms with E-state index in [4.69, 9.17) is 33.5 Å². The minimum atomic E-state index is -2.46. The Hall–Kier alpha value is -2.41. The van der Waals surface area contributed by atoms with Gasteiger partial charge < -0.3 is 105 Å². The first-order chi connectivity index (χ1) is 33.1. The van der Waals surface area contributed by atoms with Crippen molar-refractivity contribution in [2.75, 3.05) is 33.0 Å². The summed E-state index contributed by atoms with van der Waals surface area (Å²) in [4.78, 5) is 40.9. The van der Waals surface area contributed by atoms with Crippen molar-refractivity contribution in [2.45, 2.75) is 200 Å². The average Bonchev–Trinajstić information content (AvgIpc) is 3.54. The normalized spacial score (nSPS) is 42.3. The number of rotatable bonds is 20. The van der Waals surface area contributed by atoms with Crippen molar-refractivity contribution in [1.29, 1.82) is 0 Å². The van der Waals surface area contributed by atoms with Gasteiger partial charge in [-0.05, 0) is 107 Å². The highest BCUT2D eigenvalue weighted by atomic mass is 16.8. The first-order valence-electron chi connectivity index (χ1n) is 24.3. The third kappa shape index (κ3) is 10.5. The Bertz CT molecular complexity index is 1810. The van der Waals surface area contributed by atoms with Gasteiger partial charge in [0.1, 0.15) is 54.9 Å². The molecule has 0 aromatic heterocycles. The van der Waals surface area contributed by atoms with Crippen LogP contribution in [0.4, 0.5) is 0 Å². The van der Waals surface area contributed by atoms with Crippen molar-refractivity contribution < 1.29 is 114 Å². The predicted molar refractivity (Wildman–Crippen MR) is 234 cm³/mol. The number of carbonyl (C=O) groups excluding carboxylic acids is 3. The van der Waals surface area contributed by atoms with Gasteiger partial charge in [0.25, 0.3) is 0 Å². The summed E-state index contributed by atoms with van der Waals surface area (Å²) < 4.78 is 35.6. The van der Waals surface area contributed by atoms with Crippen LogP contribution in [0.25, 0.3) is 0 Å². The Balaban J connectivity index is 1.32. The van der Waals surface area contributed by atoms with E-state index in [9.17, 15) is 80.8 Å². The number of hydrogen-bond acceptors (Lipinski definition) is 24. The van der Waals surface area contributed by atoms with Crippen LogP contribution in [0.15, 0.2) is 12.2 Å². The molecule has 0 amide bonds. The highest BCUT2D eigenvalue weighted by Gasteiger charge is 2.69. The molecule has 22 atom stereocenters. The van der Waals surface area contributed by atoms with E-state index >= 15 is 0 Å². The molecule has 70 heavy (non-hydrogen) atoms. The summed E-state index contributed by atoms with van der Waals surface area (Å²) in [5.74, 6) is -4.48. The molecule has 0 radical (unpaired) electrons. The predicted octanol–water partition coefficient (Wildman–Crippen LogP) is -5.00. The van der Waals surface area contributed by atoms with Crippen LogP contribution in [-0.2, 0) is 42.8 Å². The smallest absolute Gasteiger partial charge is 0.345 e. The number of ether oxygens (including phenoxy) is 6. The molecule has 7 rings (SSSR count). The third-order valence-corrected chi connectivity index (χ3v) is 16.6. The zero-order valence-corrected chi connectivity index (χ0v) is 39.6.